The van der Waals surface area contributed by atoms with Crippen LogP contribution in [0.4, 0.5) is 4.79 Å². The molecule has 1 aromatic carbocycles. The van der Waals surface area contributed by atoms with E-state index in [1.807, 2.05) is 38.1 Å². The van der Waals surface area contributed by atoms with Gasteiger partial charge in [-0.1, -0.05) is 30.7 Å². The number of carbonyl (C=O) groups excluding carboxylic acids is 3. The standard InChI is InChI=1S/C20H27N3O3/c1-14(2)21-18(24)10-4-3-7-11-22-19(25)17-12-15-8-5-6-9-16(15)13-23(17)20(22)26/h5-6,8-9,14,17H,3-4,7,10-13H2,1-2H3,(H,21,24)/t17-/m0/s1. The molecule has 1 N–H and O–H groups in total. The molecule has 2 aliphatic heterocycles. The molecule has 0 unspecified atom stereocenters. The molecule has 2 heterocycles. The van der Waals surface area contributed by atoms with Crippen LogP contribution in [0.3, 0.4) is 0 Å². The first-order valence-corrected chi connectivity index (χ1v) is 9.45. The van der Waals surface area contributed by atoms with E-state index in [0.29, 0.717) is 25.9 Å². The van der Waals surface area contributed by atoms with Crippen LogP contribution in [-0.2, 0) is 22.6 Å². The number of unbranched alkanes of at least 4 members (excludes halogenated alkanes) is 2. The van der Waals surface area contributed by atoms with Gasteiger partial charge in [-0.2, -0.15) is 0 Å². The number of fused-ring (bicyclic) bond motifs is 2. The number of imide groups is 1. The van der Waals surface area contributed by atoms with Crippen LogP contribution in [0, 0.1) is 0 Å². The Bertz CT molecular complexity index is 658. The lowest BCUT2D eigenvalue weighted by Gasteiger charge is -2.28. The molecule has 0 spiro atoms. The Hall–Kier alpha value is -2.37. The second kappa shape index (κ2) is 7.89. The molecular formula is C20H27N3O3. The molecule has 140 valence electrons. The van der Waals surface area contributed by atoms with Crippen molar-refractivity contribution < 1.29 is 14.4 Å². The highest BCUT2D eigenvalue weighted by atomic mass is 16.2. The van der Waals surface area contributed by atoms with Gasteiger partial charge in [0, 0.05) is 32.0 Å². The van der Waals surface area contributed by atoms with Crippen molar-refractivity contribution in [3.63, 3.8) is 0 Å². The molecule has 3 rings (SSSR count). The molecule has 0 bridgehead atoms. The van der Waals surface area contributed by atoms with Crippen LogP contribution < -0.4 is 5.32 Å². The van der Waals surface area contributed by atoms with Crippen molar-refractivity contribution in [2.75, 3.05) is 6.54 Å². The number of rotatable bonds is 7. The van der Waals surface area contributed by atoms with Gasteiger partial charge in [0.15, 0.2) is 0 Å². The van der Waals surface area contributed by atoms with E-state index in [0.717, 1.165) is 30.4 Å². The molecule has 6 nitrogen and oxygen atoms in total. The minimum atomic E-state index is -0.353. The van der Waals surface area contributed by atoms with Crippen molar-refractivity contribution in [2.45, 2.75) is 64.6 Å². The largest absolute Gasteiger partial charge is 0.354 e. The second-order valence-corrected chi connectivity index (χ2v) is 7.42. The molecule has 4 amide bonds. The molecular weight excluding hydrogens is 330 g/mol. The molecule has 1 aromatic rings. The number of urea groups is 1. The van der Waals surface area contributed by atoms with Gasteiger partial charge in [-0.05, 0) is 37.8 Å². The summed E-state index contributed by atoms with van der Waals surface area (Å²) in [6.07, 6.45) is 3.43. The molecule has 1 atom stereocenters. The number of hydrogen-bond acceptors (Lipinski definition) is 3. The molecule has 0 saturated carbocycles. The minimum absolute atomic E-state index is 0.0585. The summed E-state index contributed by atoms with van der Waals surface area (Å²) in [6.45, 7) is 4.83. The highest BCUT2D eigenvalue weighted by molar-refractivity contribution is 6.04. The average Bonchev–Trinajstić information content (AvgIpc) is 2.83. The molecule has 6 heteroatoms. The van der Waals surface area contributed by atoms with Gasteiger partial charge in [-0.3, -0.25) is 14.5 Å². The van der Waals surface area contributed by atoms with E-state index in [4.69, 9.17) is 0 Å². The van der Waals surface area contributed by atoms with Crippen molar-refractivity contribution >= 4 is 17.8 Å². The highest BCUT2D eigenvalue weighted by Gasteiger charge is 2.46. The van der Waals surface area contributed by atoms with Gasteiger partial charge in [0.1, 0.15) is 6.04 Å². The third-order valence-corrected chi connectivity index (χ3v) is 5.01. The monoisotopic (exact) mass is 357 g/mol. The fourth-order valence-electron chi connectivity index (χ4n) is 3.71. The predicted molar refractivity (Wildman–Crippen MR) is 98.3 cm³/mol. The molecule has 0 radical (unpaired) electrons. The van der Waals surface area contributed by atoms with Gasteiger partial charge < -0.3 is 10.2 Å². The van der Waals surface area contributed by atoms with Crippen molar-refractivity contribution in [2.24, 2.45) is 0 Å². The van der Waals surface area contributed by atoms with E-state index in [2.05, 4.69) is 5.32 Å². The van der Waals surface area contributed by atoms with E-state index >= 15 is 0 Å². The van der Waals surface area contributed by atoms with E-state index < -0.39 is 0 Å². The van der Waals surface area contributed by atoms with Crippen LogP contribution >= 0.6 is 0 Å². The zero-order chi connectivity index (χ0) is 18.7. The Kier molecular flexibility index (Phi) is 5.59. The van der Waals surface area contributed by atoms with E-state index in [1.165, 1.54) is 4.90 Å². The van der Waals surface area contributed by atoms with Crippen LogP contribution in [0.2, 0.25) is 0 Å². The first-order valence-electron chi connectivity index (χ1n) is 9.45. The summed E-state index contributed by atoms with van der Waals surface area (Å²) in [4.78, 5) is 40.0. The third kappa shape index (κ3) is 3.89. The maximum atomic E-state index is 12.7. The van der Waals surface area contributed by atoms with Gasteiger partial charge in [-0.15, -0.1) is 0 Å². The fraction of sp³-hybridized carbons (Fsp3) is 0.550. The van der Waals surface area contributed by atoms with Crippen LogP contribution in [0.15, 0.2) is 24.3 Å². The number of nitrogens with zero attached hydrogens (tertiary/aromatic N) is 2. The summed E-state index contributed by atoms with van der Waals surface area (Å²) in [5.41, 5.74) is 2.29. The third-order valence-electron chi connectivity index (χ3n) is 5.01. The van der Waals surface area contributed by atoms with E-state index in [1.54, 1.807) is 4.90 Å². The summed E-state index contributed by atoms with van der Waals surface area (Å²) in [5, 5.41) is 2.87. The number of amides is 4. The van der Waals surface area contributed by atoms with Crippen LogP contribution in [0.5, 0.6) is 0 Å². The molecule has 2 aliphatic rings. The predicted octanol–water partition coefficient (Wildman–Crippen LogP) is 2.46. The highest BCUT2D eigenvalue weighted by Crippen LogP contribution is 2.30. The zero-order valence-electron chi connectivity index (χ0n) is 15.5. The Labute approximate surface area is 154 Å². The Morgan fingerprint density at radius 3 is 2.62 bits per heavy atom. The lowest BCUT2D eigenvalue weighted by atomic mass is 9.95. The maximum absolute atomic E-state index is 12.7. The van der Waals surface area contributed by atoms with Crippen molar-refractivity contribution in [3.8, 4) is 0 Å². The minimum Gasteiger partial charge on any atom is -0.354 e. The van der Waals surface area contributed by atoms with Gasteiger partial charge in [0.2, 0.25) is 5.91 Å². The molecule has 0 aliphatic carbocycles. The van der Waals surface area contributed by atoms with Gasteiger partial charge in [-0.25, -0.2) is 4.79 Å². The van der Waals surface area contributed by atoms with Gasteiger partial charge >= 0.3 is 6.03 Å². The van der Waals surface area contributed by atoms with Crippen LogP contribution in [0.1, 0.15) is 50.7 Å². The summed E-state index contributed by atoms with van der Waals surface area (Å²) in [6, 6.07) is 7.63. The quantitative estimate of drug-likeness (QED) is 0.602. The lowest BCUT2D eigenvalue weighted by molar-refractivity contribution is -0.128. The van der Waals surface area contributed by atoms with Crippen molar-refractivity contribution in [1.29, 1.82) is 0 Å². The maximum Gasteiger partial charge on any atom is 0.327 e. The molecule has 1 saturated heterocycles. The zero-order valence-corrected chi connectivity index (χ0v) is 15.5. The lowest BCUT2D eigenvalue weighted by Crippen LogP contribution is -2.39. The topological polar surface area (TPSA) is 69.7 Å². The van der Waals surface area contributed by atoms with E-state index in [-0.39, 0.29) is 29.9 Å². The van der Waals surface area contributed by atoms with Gasteiger partial charge in [0.05, 0.1) is 0 Å². The summed E-state index contributed by atoms with van der Waals surface area (Å²) >= 11 is 0. The Balaban J connectivity index is 1.48. The number of hydrogen-bond donors (Lipinski definition) is 1. The van der Waals surface area contributed by atoms with Crippen LogP contribution in [0.25, 0.3) is 0 Å². The first kappa shape index (κ1) is 18.4. The molecule has 0 aromatic heterocycles. The number of benzene rings is 1. The summed E-state index contributed by atoms with van der Waals surface area (Å²) in [5.74, 6) is -0.0229. The van der Waals surface area contributed by atoms with E-state index in [9.17, 15) is 14.4 Å². The number of carbonyl (C=O) groups is 3. The molecule has 26 heavy (non-hydrogen) atoms. The van der Waals surface area contributed by atoms with Gasteiger partial charge in [0.25, 0.3) is 5.91 Å². The second-order valence-electron chi connectivity index (χ2n) is 7.42. The summed E-state index contributed by atoms with van der Waals surface area (Å²) < 4.78 is 0. The van der Waals surface area contributed by atoms with Crippen molar-refractivity contribution in [1.82, 2.24) is 15.1 Å². The van der Waals surface area contributed by atoms with Crippen molar-refractivity contribution in [3.05, 3.63) is 35.4 Å². The molecule has 1 fully saturated rings. The fourth-order valence-corrected chi connectivity index (χ4v) is 3.71. The smallest absolute Gasteiger partial charge is 0.327 e. The number of nitrogens with one attached hydrogen (secondary N) is 1. The average molecular weight is 357 g/mol. The van der Waals surface area contributed by atoms with Crippen LogP contribution in [-0.4, -0.2) is 46.3 Å². The first-order chi connectivity index (χ1) is 12.5. The SMILES string of the molecule is CC(C)NC(=O)CCCCCN1C(=O)[C@@H]2Cc3ccccc3CN2C1=O. The summed E-state index contributed by atoms with van der Waals surface area (Å²) in [7, 11) is 0. The Morgan fingerprint density at radius 1 is 1.15 bits per heavy atom. The Morgan fingerprint density at radius 2 is 1.88 bits per heavy atom. The normalized spacial score (nSPS) is 19.0.